The number of hydrogen-bond donors (Lipinski definition) is 1. The zero-order valence-electron chi connectivity index (χ0n) is 12.1. The van der Waals surface area contributed by atoms with E-state index in [1.165, 1.54) is 21.6 Å². The first kappa shape index (κ1) is 15.6. The van der Waals surface area contributed by atoms with E-state index in [1.54, 1.807) is 0 Å². The molecule has 0 saturated heterocycles. The monoisotopic (exact) mass is 349 g/mol. The van der Waals surface area contributed by atoms with Gasteiger partial charge in [0.2, 0.25) is 0 Å². The number of aryl methyl sites for hydroxylation is 2. The third-order valence-corrected chi connectivity index (χ3v) is 4.94. The van der Waals surface area contributed by atoms with Crippen LogP contribution >= 0.6 is 27.7 Å². The summed E-state index contributed by atoms with van der Waals surface area (Å²) in [7, 11) is 2.03. The number of nitrogens with one attached hydrogen (secondary N) is 1. The molecule has 0 aliphatic rings. The Bertz CT molecular complexity index is 583. The van der Waals surface area contributed by atoms with Gasteiger partial charge in [0, 0.05) is 21.2 Å². The second-order valence-corrected chi connectivity index (χ2v) is 6.98. The number of halogens is 1. The van der Waals surface area contributed by atoms with Crippen molar-refractivity contribution in [1.29, 1.82) is 0 Å². The van der Waals surface area contributed by atoms with Crippen LogP contribution in [-0.4, -0.2) is 12.8 Å². The zero-order valence-corrected chi connectivity index (χ0v) is 14.5. The molecule has 0 aliphatic carbocycles. The van der Waals surface area contributed by atoms with E-state index in [0.29, 0.717) is 6.04 Å². The summed E-state index contributed by atoms with van der Waals surface area (Å²) in [5.41, 5.74) is 4.07. The molecule has 1 atom stereocenters. The van der Waals surface area contributed by atoms with Gasteiger partial charge in [-0.15, -0.1) is 11.8 Å². The van der Waals surface area contributed by atoms with Gasteiger partial charge in [-0.1, -0.05) is 45.8 Å². The summed E-state index contributed by atoms with van der Waals surface area (Å²) in [4.78, 5) is 1.30. The van der Waals surface area contributed by atoms with E-state index in [4.69, 9.17) is 0 Å². The SMILES string of the molecule is CNC(CSc1cccc(Br)c1)c1ccc(C)cc1C. The molecule has 2 aromatic rings. The first-order valence-electron chi connectivity index (χ1n) is 6.73. The van der Waals surface area contributed by atoms with Crippen molar-refractivity contribution < 1.29 is 0 Å². The molecule has 1 N–H and O–H groups in total. The highest BCUT2D eigenvalue weighted by Gasteiger charge is 2.12. The van der Waals surface area contributed by atoms with Crippen molar-refractivity contribution in [3.8, 4) is 0 Å². The molecule has 0 spiro atoms. The molecule has 106 valence electrons. The molecule has 2 aromatic carbocycles. The lowest BCUT2D eigenvalue weighted by Gasteiger charge is -2.19. The molecule has 0 saturated carbocycles. The molecule has 0 aromatic heterocycles. The minimum absolute atomic E-state index is 0.375. The van der Waals surface area contributed by atoms with E-state index in [0.717, 1.165) is 10.2 Å². The topological polar surface area (TPSA) is 12.0 Å². The average molecular weight is 350 g/mol. The lowest BCUT2D eigenvalue weighted by Crippen LogP contribution is -2.19. The van der Waals surface area contributed by atoms with Crippen molar-refractivity contribution >= 4 is 27.7 Å². The van der Waals surface area contributed by atoms with Crippen LogP contribution in [0.3, 0.4) is 0 Å². The number of hydrogen-bond acceptors (Lipinski definition) is 2. The normalized spacial score (nSPS) is 12.4. The van der Waals surface area contributed by atoms with Crippen molar-refractivity contribution in [2.24, 2.45) is 0 Å². The summed E-state index contributed by atoms with van der Waals surface area (Å²) in [6.45, 7) is 4.33. The molecular weight excluding hydrogens is 330 g/mol. The molecule has 3 heteroatoms. The first-order valence-corrected chi connectivity index (χ1v) is 8.51. The van der Waals surface area contributed by atoms with Gasteiger partial charge in [-0.25, -0.2) is 0 Å². The van der Waals surface area contributed by atoms with E-state index in [1.807, 2.05) is 18.8 Å². The van der Waals surface area contributed by atoms with Gasteiger partial charge in [-0.3, -0.25) is 0 Å². The van der Waals surface area contributed by atoms with Crippen LogP contribution in [0.2, 0.25) is 0 Å². The molecule has 0 heterocycles. The Kier molecular flexibility index (Phi) is 5.70. The Balaban J connectivity index is 2.09. The predicted molar refractivity (Wildman–Crippen MR) is 92.6 cm³/mol. The highest BCUT2D eigenvalue weighted by Crippen LogP contribution is 2.28. The Morgan fingerprint density at radius 1 is 1.15 bits per heavy atom. The average Bonchev–Trinajstić information content (AvgIpc) is 2.41. The van der Waals surface area contributed by atoms with Crippen LogP contribution in [0, 0.1) is 13.8 Å². The second-order valence-electron chi connectivity index (χ2n) is 4.97. The molecule has 2 rings (SSSR count). The van der Waals surface area contributed by atoms with Gasteiger partial charge < -0.3 is 5.32 Å². The van der Waals surface area contributed by atoms with Crippen LogP contribution in [0.25, 0.3) is 0 Å². The molecule has 0 bridgehead atoms. The third-order valence-electron chi connectivity index (χ3n) is 3.36. The lowest BCUT2D eigenvalue weighted by atomic mass is 10.0. The molecule has 20 heavy (non-hydrogen) atoms. The van der Waals surface area contributed by atoms with Crippen LogP contribution in [0.15, 0.2) is 51.8 Å². The fourth-order valence-corrected chi connectivity index (χ4v) is 3.92. The van der Waals surface area contributed by atoms with Crippen LogP contribution in [0.4, 0.5) is 0 Å². The summed E-state index contributed by atoms with van der Waals surface area (Å²) < 4.78 is 1.13. The summed E-state index contributed by atoms with van der Waals surface area (Å²) >= 11 is 5.40. The maximum absolute atomic E-state index is 3.52. The standard InChI is InChI=1S/C17H20BrNS/c1-12-7-8-16(13(2)9-12)17(19-3)11-20-15-6-4-5-14(18)10-15/h4-10,17,19H,11H2,1-3H3. The van der Waals surface area contributed by atoms with E-state index < -0.39 is 0 Å². The van der Waals surface area contributed by atoms with Gasteiger partial charge in [0.15, 0.2) is 0 Å². The largest absolute Gasteiger partial charge is 0.312 e. The van der Waals surface area contributed by atoms with Crippen molar-refractivity contribution in [3.05, 3.63) is 63.6 Å². The van der Waals surface area contributed by atoms with Crippen LogP contribution in [0.1, 0.15) is 22.7 Å². The molecular formula is C17H20BrNS. The Morgan fingerprint density at radius 2 is 1.95 bits per heavy atom. The highest BCUT2D eigenvalue weighted by atomic mass is 79.9. The Hall–Kier alpha value is -0.770. The molecule has 1 unspecified atom stereocenters. The maximum atomic E-state index is 3.52. The van der Waals surface area contributed by atoms with Crippen molar-refractivity contribution in [3.63, 3.8) is 0 Å². The molecule has 0 aliphatic heterocycles. The Morgan fingerprint density at radius 3 is 2.60 bits per heavy atom. The fourth-order valence-electron chi connectivity index (χ4n) is 2.28. The van der Waals surface area contributed by atoms with E-state index in [9.17, 15) is 0 Å². The van der Waals surface area contributed by atoms with Crippen LogP contribution in [0.5, 0.6) is 0 Å². The van der Waals surface area contributed by atoms with Crippen LogP contribution < -0.4 is 5.32 Å². The number of rotatable bonds is 5. The van der Waals surface area contributed by atoms with Gasteiger partial charge in [0.05, 0.1) is 0 Å². The van der Waals surface area contributed by atoms with Gasteiger partial charge in [-0.05, 0) is 50.2 Å². The quantitative estimate of drug-likeness (QED) is 0.752. The predicted octanol–water partition coefficient (Wildman–Crippen LogP) is 5.12. The summed E-state index contributed by atoms with van der Waals surface area (Å²) in [5, 5.41) is 3.43. The van der Waals surface area contributed by atoms with E-state index in [2.05, 4.69) is 77.6 Å². The fraction of sp³-hybridized carbons (Fsp3) is 0.294. The molecule has 0 fully saturated rings. The van der Waals surface area contributed by atoms with Crippen molar-refractivity contribution in [1.82, 2.24) is 5.32 Å². The van der Waals surface area contributed by atoms with Crippen molar-refractivity contribution in [2.75, 3.05) is 12.8 Å². The van der Waals surface area contributed by atoms with Gasteiger partial charge >= 0.3 is 0 Å². The highest BCUT2D eigenvalue weighted by molar-refractivity contribution is 9.10. The van der Waals surface area contributed by atoms with Crippen LogP contribution in [-0.2, 0) is 0 Å². The van der Waals surface area contributed by atoms with E-state index in [-0.39, 0.29) is 0 Å². The van der Waals surface area contributed by atoms with E-state index >= 15 is 0 Å². The molecule has 0 amide bonds. The zero-order chi connectivity index (χ0) is 14.5. The van der Waals surface area contributed by atoms with Gasteiger partial charge in [0.1, 0.15) is 0 Å². The second kappa shape index (κ2) is 7.30. The van der Waals surface area contributed by atoms with Gasteiger partial charge in [0.25, 0.3) is 0 Å². The summed E-state index contributed by atoms with van der Waals surface area (Å²) in [5.74, 6) is 1.02. The minimum atomic E-state index is 0.375. The smallest absolute Gasteiger partial charge is 0.0415 e. The maximum Gasteiger partial charge on any atom is 0.0415 e. The molecule has 1 nitrogen and oxygen atoms in total. The molecule has 0 radical (unpaired) electrons. The lowest BCUT2D eigenvalue weighted by molar-refractivity contribution is 0.657. The van der Waals surface area contributed by atoms with Crippen molar-refractivity contribution in [2.45, 2.75) is 24.8 Å². The first-order chi connectivity index (χ1) is 9.60. The minimum Gasteiger partial charge on any atom is -0.312 e. The number of thioether (sulfide) groups is 1. The summed E-state index contributed by atoms with van der Waals surface area (Å²) in [6, 6.07) is 15.5. The number of benzene rings is 2. The third kappa shape index (κ3) is 4.11. The Labute approximate surface area is 134 Å². The van der Waals surface area contributed by atoms with Gasteiger partial charge in [-0.2, -0.15) is 0 Å². The summed E-state index contributed by atoms with van der Waals surface area (Å²) in [6.07, 6.45) is 0.